The predicted octanol–water partition coefficient (Wildman–Crippen LogP) is 0.598. The zero-order valence-corrected chi connectivity index (χ0v) is 9.72. The molecule has 1 atom stereocenters. The van der Waals surface area contributed by atoms with Crippen molar-refractivity contribution in [1.29, 1.82) is 0 Å². The first kappa shape index (κ1) is 11.5. The summed E-state index contributed by atoms with van der Waals surface area (Å²) in [6.07, 6.45) is 0.489. The quantitative estimate of drug-likeness (QED) is 0.786. The average molecular weight is 236 g/mol. The topological polar surface area (TPSA) is 80.5 Å². The Hall–Kier alpha value is -1.98. The molecule has 0 aliphatic carbocycles. The lowest BCUT2D eigenvalue weighted by Gasteiger charge is -2.17. The van der Waals surface area contributed by atoms with Crippen LogP contribution in [0.1, 0.15) is 6.42 Å². The minimum Gasteiger partial charge on any atom is -0.453 e. The largest absolute Gasteiger partial charge is 0.453 e. The van der Waals surface area contributed by atoms with Crippen molar-refractivity contribution in [3.8, 4) is 0 Å². The summed E-state index contributed by atoms with van der Waals surface area (Å²) in [5.74, 6) is 1.35. The van der Waals surface area contributed by atoms with Gasteiger partial charge in [0.2, 0.25) is 0 Å². The van der Waals surface area contributed by atoms with Crippen molar-refractivity contribution in [3.05, 3.63) is 18.2 Å². The van der Waals surface area contributed by atoms with Crippen LogP contribution < -0.4 is 16.0 Å². The van der Waals surface area contributed by atoms with Crippen molar-refractivity contribution in [2.75, 3.05) is 30.8 Å². The fourth-order valence-corrected chi connectivity index (χ4v) is 1.93. The summed E-state index contributed by atoms with van der Waals surface area (Å²) < 4.78 is 4.57. The Morgan fingerprint density at radius 3 is 3.18 bits per heavy atom. The van der Waals surface area contributed by atoms with Crippen LogP contribution in [0.3, 0.4) is 0 Å². The summed E-state index contributed by atoms with van der Waals surface area (Å²) in [5.41, 5.74) is 5.64. The molecule has 2 rings (SSSR count). The van der Waals surface area contributed by atoms with E-state index in [9.17, 15) is 4.79 Å². The number of hydrogen-bond acceptors (Lipinski definition) is 5. The number of hydrogen-bond donors (Lipinski definition) is 2. The monoisotopic (exact) mass is 236 g/mol. The van der Waals surface area contributed by atoms with E-state index in [2.05, 4.69) is 19.9 Å². The molecule has 1 saturated heterocycles. The third-order valence-corrected chi connectivity index (χ3v) is 2.78. The standard InChI is InChI=1S/C11H16N4O2/c1-17-11(16)13-8-5-6-15(7-8)10-4-2-3-9(12)14-10/h2-4,8H,5-7H2,1H3,(H2,12,14)(H,13,16). The average Bonchev–Trinajstić information content (AvgIpc) is 2.77. The van der Waals surface area contributed by atoms with Crippen LogP contribution in [-0.2, 0) is 4.74 Å². The van der Waals surface area contributed by atoms with Gasteiger partial charge in [0.1, 0.15) is 11.6 Å². The van der Waals surface area contributed by atoms with Gasteiger partial charge in [0.05, 0.1) is 13.2 Å². The number of carbonyl (C=O) groups is 1. The molecule has 6 heteroatoms. The lowest BCUT2D eigenvalue weighted by molar-refractivity contribution is 0.167. The van der Waals surface area contributed by atoms with Crippen molar-refractivity contribution in [2.45, 2.75) is 12.5 Å². The number of nitrogen functional groups attached to an aromatic ring is 1. The molecule has 1 aliphatic heterocycles. The van der Waals surface area contributed by atoms with E-state index in [1.54, 1.807) is 6.07 Å². The molecule has 0 radical (unpaired) electrons. The van der Waals surface area contributed by atoms with Crippen molar-refractivity contribution in [1.82, 2.24) is 10.3 Å². The lowest BCUT2D eigenvalue weighted by atomic mass is 10.3. The molecule has 92 valence electrons. The number of alkyl carbamates (subject to hydrolysis) is 1. The van der Waals surface area contributed by atoms with Crippen LogP contribution in [-0.4, -0.2) is 37.3 Å². The second kappa shape index (κ2) is 4.90. The minimum atomic E-state index is -0.391. The number of anilines is 2. The number of pyridine rings is 1. The molecule has 6 nitrogen and oxygen atoms in total. The highest BCUT2D eigenvalue weighted by molar-refractivity contribution is 5.67. The van der Waals surface area contributed by atoms with Gasteiger partial charge in [0.25, 0.3) is 0 Å². The third kappa shape index (κ3) is 2.77. The Kier molecular flexibility index (Phi) is 3.32. The zero-order valence-electron chi connectivity index (χ0n) is 9.72. The Balaban J connectivity index is 1.96. The summed E-state index contributed by atoms with van der Waals surface area (Å²) in [7, 11) is 1.36. The predicted molar refractivity (Wildman–Crippen MR) is 64.8 cm³/mol. The Bertz CT molecular complexity index is 410. The maximum atomic E-state index is 11.1. The molecule has 0 spiro atoms. The fraction of sp³-hybridized carbons (Fsp3) is 0.455. The fourth-order valence-electron chi connectivity index (χ4n) is 1.93. The van der Waals surface area contributed by atoms with Crippen molar-refractivity contribution in [3.63, 3.8) is 0 Å². The van der Waals surface area contributed by atoms with E-state index in [4.69, 9.17) is 5.73 Å². The number of amides is 1. The van der Waals surface area contributed by atoms with Crippen LogP contribution in [0.4, 0.5) is 16.4 Å². The first-order valence-electron chi connectivity index (χ1n) is 5.51. The van der Waals surface area contributed by atoms with Gasteiger partial charge in [-0.25, -0.2) is 9.78 Å². The highest BCUT2D eigenvalue weighted by atomic mass is 16.5. The van der Waals surface area contributed by atoms with Crippen LogP contribution in [0.15, 0.2) is 18.2 Å². The maximum Gasteiger partial charge on any atom is 0.407 e. The van der Waals surface area contributed by atoms with Crippen LogP contribution in [0.2, 0.25) is 0 Å². The Labute approximate surface area is 99.8 Å². The van der Waals surface area contributed by atoms with Gasteiger partial charge < -0.3 is 20.7 Å². The number of nitrogens with zero attached hydrogens (tertiary/aromatic N) is 2. The van der Waals surface area contributed by atoms with Gasteiger partial charge in [-0.3, -0.25) is 0 Å². The van der Waals surface area contributed by atoms with Gasteiger partial charge in [-0.1, -0.05) is 6.07 Å². The summed E-state index contributed by atoms with van der Waals surface area (Å²) >= 11 is 0. The molecule has 0 bridgehead atoms. The molecule has 1 unspecified atom stereocenters. The van der Waals surface area contributed by atoms with Gasteiger partial charge in [-0.15, -0.1) is 0 Å². The smallest absolute Gasteiger partial charge is 0.407 e. The number of nitrogens with two attached hydrogens (primary N) is 1. The van der Waals surface area contributed by atoms with E-state index in [0.717, 1.165) is 25.3 Å². The minimum absolute atomic E-state index is 0.102. The number of nitrogens with one attached hydrogen (secondary N) is 1. The van der Waals surface area contributed by atoms with Crippen LogP contribution in [0, 0.1) is 0 Å². The highest BCUT2D eigenvalue weighted by Gasteiger charge is 2.24. The van der Waals surface area contributed by atoms with E-state index in [1.165, 1.54) is 7.11 Å². The van der Waals surface area contributed by atoms with Gasteiger partial charge >= 0.3 is 6.09 Å². The zero-order chi connectivity index (χ0) is 12.3. The summed E-state index contributed by atoms with van der Waals surface area (Å²) in [6, 6.07) is 5.64. The SMILES string of the molecule is COC(=O)NC1CCN(c2cccc(N)n2)C1. The van der Waals surface area contributed by atoms with E-state index in [1.807, 2.05) is 12.1 Å². The van der Waals surface area contributed by atoms with Crippen LogP contribution in [0.5, 0.6) is 0 Å². The van der Waals surface area contributed by atoms with E-state index in [-0.39, 0.29) is 6.04 Å². The normalized spacial score (nSPS) is 19.1. The molecule has 17 heavy (non-hydrogen) atoms. The number of methoxy groups -OCH3 is 1. The molecule has 1 fully saturated rings. The van der Waals surface area contributed by atoms with Gasteiger partial charge in [-0.05, 0) is 18.6 Å². The molecule has 1 aliphatic rings. The number of rotatable bonds is 2. The second-order valence-electron chi connectivity index (χ2n) is 3.99. The number of ether oxygens (including phenoxy) is 1. The van der Waals surface area contributed by atoms with E-state index in [0.29, 0.717) is 5.82 Å². The molecular weight excluding hydrogens is 220 g/mol. The lowest BCUT2D eigenvalue weighted by Crippen LogP contribution is -2.37. The van der Waals surface area contributed by atoms with E-state index < -0.39 is 6.09 Å². The van der Waals surface area contributed by atoms with E-state index >= 15 is 0 Å². The van der Waals surface area contributed by atoms with Gasteiger partial charge in [-0.2, -0.15) is 0 Å². The van der Waals surface area contributed by atoms with Gasteiger partial charge in [0.15, 0.2) is 0 Å². The second-order valence-corrected chi connectivity index (χ2v) is 3.99. The molecular formula is C11H16N4O2. The van der Waals surface area contributed by atoms with Crippen molar-refractivity contribution < 1.29 is 9.53 Å². The third-order valence-electron chi connectivity index (χ3n) is 2.78. The molecule has 1 amide bonds. The van der Waals surface area contributed by atoms with Gasteiger partial charge in [0, 0.05) is 13.1 Å². The molecule has 1 aromatic rings. The number of carbonyl (C=O) groups excluding carboxylic acids is 1. The van der Waals surface area contributed by atoms with Crippen LogP contribution >= 0.6 is 0 Å². The summed E-state index contributed by atoms with van der Waals surface area (Å²) in [4.78, 5) is 17.4. The first-order valence-corrected chi connectivity index (χ1v) is 5.51. The molecule has 1 aromatic heterocycles. The summed E-state index contributed by atoms with van der Waals surface area (Å²) in [5, 5.41) is 2.78. The first-order chi connectivity index (χ1) is 8.19. The highest BCUT2D eigenvalue weighted by Crippen LogP contribution is 2.18. The Morgan fingerprint density at radius 2 is 2.47 bits per heavy atom. The molecule has 0 saturated carbocycles. The molecule has 0 aromatic carbocycles. The summed E-state index contributed by atoms with van der Waals surface area (Å²) in [6.45, 7) is 1.58. The molecule has 2 heterocycles. The maximum absolute atomic E-state index is 11.1. The molecule has 3 N–H and O–H groups in total. The van der Waals surface area contributed by atoms with Crippen molar-refractivity contribution in [2.24, 2.45) is 0 Å². The van der Waals surface area contributed by atoms with Crippen molar-refractivity contribution >= 4 is 17.7 Å². The number of aromatic nitrogens is 1. The Morgan fingerprint density at radius 1 is 1.65 bits per heavy atom. The van der Waals surface area contributed by atoms with Crippen LogP contribution in [0.25, 0.3) is 0 Å².